The molecule has 1 aromatic carbocycles. The van der Waals surface area contributed by atoms with Gasteiger partial charge in [-0.05, 0) is 43.7 Å². The monoisotopic (exact) mass is 381 g/mol. The number of aromatic nitrogens is 1. The van der Waals surface area contributed by atoms with Gasteiger partial charge in [0.15, 0.2) is 0 Å². The van der Waals surface area contributed by atoms with Gasteiger partial charge in [0.25, 0.3) is 5.69 Å². The molecule has 3 rings (SSSR count). The Morgan fingerprint density at radius 2 is 2.00 bits per heavy atom. The highest BCUT2D eigenvalue weighted by Gasteiger charge is 2.18. The van der Waals surface area contributed by atoms with Crippen molar-refractivity contribution in [3.05, 3.63) is 58.3 Å². The van der Waals surface area contributed by atoms with Crippen LogP contribution < -0.4 is 9.64 Å². The summed E-state index contributed by atoms with van der Waals surface area (Å²) in [6.45, 7) is 5.14. The molecule has 1 fully saturated rings. The van der Waals surface area contributed by atoms with Crippen LogP contribution in [0.5, 0.6) is 5.75 Å². The lowest BCUT2D eigenvalue weighted by atomic mass is 10.2. The molecule has 146 valence electrons. The zero-order valence-corrected chi connectivity index (χ0v) is 15.7. The van der Waals surface area contributed by atoms with Gasteiger partial charge in [-0.2, -0.15) is 5.26 Å². The van der Waals surface area contributed by atoms with Crippen LogP contribution in [-0.4, -0.2) is 54.1 Å². The summed E-state index contributed by atoms with van der Waals surface area (Å²) in [6, 6.07) is 12.0. The molecule has 2 heterocycles. The van der Waals surface area contributed by atoms with Gasteiger partial charge >= 0.3 is 0 Å². The predicted octanol–water partition coefficient (Wildman–Crippen LogP) is 2.84. The maximum Gasteiger partial charge on any atom is 0.269 e. The summed E-state index contributed by atoms with van der Waals surface area (Å²) >= 11 is 0. The molecule has 0 amide bonds. The van der Waals surface area contributed by atoms with Crippen molar-refractivity contribution in [3.63, 3.8) is 0 Å². The van der Waals surface area contributed by atoms with Crippen molar-refractivity contribution in [3.8, 4) is 11.8 Å². The van der Waals surface area contributed by atoms with Gasteiger partial charge in [-0.15, -0.1) is 0 Å². The number of nitro groups is 1. The molecule has 8 nitrogen and oxygen atoms in total. The first kappa shape index (κ1) is 19.6. The Kier molecular flexibility index (Phi) is 6.76. The number of nitriles is 1. The van der Waals surface area contributed by atoms with E-state index in [0.29, 0.717) is 17.9 Å². The van der Waals surface area contributed by atoms with E-state index in [2.05, 4.69) is 20.9 Å². The number of hydrogen-bond donors (Lipinski definition) is 0. The molecule has 8 heteroatoms. The molecule has 1 aliphatic rings. The second kappa shape index (κ2) is 9.67. The molecule has 0 N–H and O–H groups in total. The largest absolute Gasteiger partial charge is 0.494 e. The minimum absolute atomic E-state index is 0.0638. The standard InChI is InChI=1S/C20H23N5O3/c21-16-17-4-1-9-22-20(17)24-12-2-10-23(13-14-24)11-3-15-28-19-7-5-18(6-8-19)25(26)27/h1,4-9H,2-3,10-15H2. The quantitative estimate of drug-likeness (QED) is 0.413. The summed E-state index contributed by atoms with van der Waals surface area (Å²) in [5.41, 5.74) is 0.682. The smallest absolute Gasteiger partial charge is 0.269 e. The predicted molar refractivity (Wildman–Crippen MR) is 105 cm³/mol. The number of ether oxygens (including phenoxy) is 1. The highest BCUT2D eigenvalue weighted by Crippen LogP contribution is 2.19. The summed E-state index contributed by atoms with van der Waals surface area (Å²) in [4.78, 5) is 19.2. The molecule has 1 aliphatic heterocycles. The molecule has 0 radical (unpaired) electrons. The third-order valence-corrected chi connectivity index (χ3v) is 4.73. The third-order valence-electron chi connectivity index (χ3n) is 4.73. The van der Waals surface area contributed by atoms with Gasteiger partial charge in [-0.25, -0.2) is 4.98 Å². The average Bonchev–Trinajstić information content (AvgIpc) is 2.97. The minimum Gasteiger partial charge on any atom is -0.494 e. The Labute approximate surface area is 164 Å². The van der Waals surface area contributed by atoms with Crippen molar-refractivity contribution in [2.75, 3.05) is 44.2 Å². The van der Waals surface area contributed by atoms with Crippen molar-refractivity contribution >= 4 is 11.5 Å². The molecule has 0 atom stereocenters. The van der Waals surface area contributed by atoms with Crippen molar-refractivity contribution in [1.29, 1.82) is 5.26 Å². The Morgan fingerprint density at radius 3 is 2.75 bits per heavy atom. The summed E-state index contributed by atoms with van der Waals surface area (Å²) in [7, 11) is 0. The molecule has 28 heavy (non-hydrogen) atoms. The van der Waals surface area contributed by atoms with Crippen molar-refractivity contribution in [1.82, 2.24) is 9.88 Å². The van der Waals surface area contributed by atoms with E-state index in [0.717, 1.165) is 51.4 Å². The minimum atomic E-state index is -0.420. The fourth-order valence-corrected chi connectivity index (χ4v) is 3.28. The summed E-state index contributed by atoms with van der Waals surface area (Å²) < 4.78 is 5.68. The van der Waals surface area contributed by atoms with Gasteiger partial charge in [0.1, 0.15) is 17.6 Å². The van der Waals surface area contributed by atoms with Crippen molar-refractivity contribution < 1.29 is 9.66 Å². The summed E-state index contributed by atoms with van der Waals surface area (Å²) in [6.07, 6.45) is 3.63. The number of non-ortho nitro benzene ring substituents is 1. The topological polar surface area (TPSA) is 95.5 Å². The number of nitrogens with zero attached hydrogens (tertiary/aromatic N) is 5. The summed E-state index contributed by atoms with van der Waals surface area (Å²) in [5, 5.41) is 19.9. The second-order valence-electron chi connectivity index (χ2n) is 6.62. The van der Waals surface area contributed by atoms with E-state index in [1.807, 2.05) is 0 Å². The van der Waals surface area contributed by atoms with Gasteiger partial charge < -0.3 is 14.5 Å². The van der Waals surface area contributed by atoms with Crippen LogP contribution in [0.2, 0.25) is 0 Å². The summed E-state index contributed by atoms with van der Waals surface area (Å²) in [5.74, 6) is 1.42. The Balaban J connectivity index is 1.43. The normalized spacial score (nSPS) is 14.9. The van der Waals surface area contributed by atoms with Crippen LogP contribution in [0.25, 0.3) is 0 Å². The van der Waals surface area contributed by atoms with E-state index >= 15 is 0 Å². The average molecular weight is 381 g/mol. The molecule has 0 spiro atoms. The molecule has 2 aromatic rings. The molecule has 0 bridgehead atoms. The van der Waals surface area contributed by atoms with Gasteiger partial charge in [-0.3, -0.25) is 10.1 Å². The number of pyridine rings is 1. The number of benzene rings is 1. The fourth-order valence-electron chi connectivity index (χ4n) is 3.28. The van der Waals surface area contributed by atoms with E-state index in [4.69, 9.17) is 4.74 Å². The van der Waals surface area contributed by atoms with Crippen LogP contribution in [-0.2, 0) is 0 Å². The number of hydrogen-bond acceptors (Lipinski definition) is 7. The molecule has 0 saturated carbocycles. The van der Waals surface area contributed by atoms with Crippen LogP contribution in [0.1, 0.15) is 18.4 Å². The van der Waals surface area contributed by atoms with Crippen molar-refractivity contribution in [2.24, 2.45) is 0 Å². The number of nitro benzene ring substituents is 1. The van der Waals surface area contributed by atoms with E-state index in [-0.39, 0.29) is 5.69 Å². The van der Waals surface area contributed by atoms with Crippen molar-refractivity contribution in [2.45, 2.75) is 12.8 Å². The van der Waals surface area contributed by atoms with Crippen LogP contribution >= 0.6 is 0 Å². The van der Waals surface area contributed by atoms with Crippen LogP contribution in [0.15, 0.2) is 42.6 Å². The van der Waals surface area contributed by atoms with E-state index in [9.17, 15) is 15.4 Å². The van der Waals surface area contributed by atoms with E-state index in [1.165, 1.54) is 12.1 Å². The van der Waals surface area contributed by atoms with Gasteiger partial charge in [-0.1, -0.05) is 0 Å². The Bertz CT molecular complexity index is 834. The highest BCUT2D eigenvalue weighted by molar-refractivity contribution is 5.53. The third kappa shape index (κ3) is 5.18. The first-order valence-electron chi connectivity index (χ1n) is 9.37. The van der Waals surface area contributed by atoms with E-state index in [1.54, 1.807) is 30.5 Å². The molecular weight excluding hydrogens is 358 g/mol. The second-order valence-corrected chi connectivity index (χ2v) is 6.62. The van der Waals surface area contributed by atoms with Gasteiger partial charge in [0.05, 0.1) is 17.1 Å². The van der Waals surface area contributed by atoms with Crippen LogP contribution in [0.3, 0.4) is 0 Å². The Morgan fingerprint density at radius 1 is 1.18 bits per heavy atom. The number of rotatable bonds is 7. The zero-order valence-electron chi connectivity index (χ0n) is 15.7. The SMILES string of the molecule is N#Cc1cccnc1N1CCCN(CCCOc2ccc([N+](=O)[O-])cc2)CC1. The molecular formula is C20H23N5O3. The zero-order chi connectivity index (χ0) is 19.8. The maximum absolute atomic E-state index is 10.7. The first-order valence-corrected chi connectivity index (χ1v) is 9.37. The molecule has 0 unspecified atom stereocenters. The molecule has 1 saturated heterocycles. The van der Waals surface area contributed by atoms with Gasteiger partial charge in [0.2, 0.25) is 0 Å². The van der Waals surface area contributed by atoms with Crippen LogP contribution in [0, 0.1) is 21.4 Å². The van der Waals surface area contributed by atoms with Gasteiger partial charge in [0, 0.05) is 44.5 Å². The Hall–Kier alpha value is -3.18. The molecule has 1 aromatic heterocycles. The van der Waals surface area contributed by atoms with E-state index < -0.39 is 4.92 Å². The lowest BCUT2D eigenvalue weighted by Crippen LogP contribution is -2.32. The number of anilines is 1. The first-order chi connectivity index (χ1) is 13.7. The fraction of sp³-hybridized carbons (Fsp3) is 0.400. The highest BCUT2D eigenvalue weighted by atomic mass is 16.6. The lowest BCUT2D eigenvalue weighted by Gasteiger charge is -2.23. The lowest BCUT2D eigenvalue weighted by molar-refractivity contribution is -0.384. The van der Waals surface area contributed by atoms with Crippen LogP contribution in [0.4, 0.5) is 11.5 Å². The molecule has 0 aliphatic carbocycles. The maximum atomic E-state index is 10.7.